The molecule has 1 aliphatic heterocycles. The molecule has 5 rings (SSSR count). The van der Waals surface area contributed by atoms with Gasteiger partial charge in [-0.2, -0.15) is 0 Å². The molecule has 2 heterocycles. The van der Waals surface area contributed by atoms with Crippen molar-refractivity contribution in [2.45, 2.75) is 31.6 Å². The van der Waals surface area contributed by atoms with E-state index in [4.69, 9.17) is 9.47 Å². The van der Waals surface area contributed by atoms with Crippen LogP contribution in [0.3, 0.4) is 0 Å². The highest BCUT2D eigenvalue weighted by Crippen LogP contribution is 2.40. The van der Waals surface area contributed by atoms with Crippen LogP contribution < -0.4 is 9.47 Å². The molecule has 1 aliphatic carbocycles. The number of aromatic nitrogens is 1. The molecule has 1 saturated carbocycles. The summed E-state index contributed by atoms with van der Waals surface area (Å²) in [6, 6.07) is 16.3. The lowest BCUT2D eigenvalue weighted by Gasteiger charge is -2.35. The number of hydrogen-bond acceptors (Lipinski definition) is 4. The standard InChI is InChI=1S/C24H28N2O3/c1-28-22-7-2-3-8-23(22)29-24-12-18-15-26(14-17(18)11-21(24)27)13-16-5-4-6-20-19(16)9-10-25-20/h2-10,17-18,21,24-25,27H,11-15H2,1H3/t17-,18+,21+,24+/m0/s1. The number of aliphatic hydroxyl groups is 1. The molecular formula is C24H28N2O3. The van der Waals surface area contributed by atoms with Gasteiger partial charge in [-0.3, -0.25) is 4.90 Å². The van der Waals surface area contributed by atoms with Gasteiger partial charge in [0.05, 0.1) is 13.2 Å². The van der Waals surface area contributed by atoms with Crippen molar-refractivity contribution in [2.24, 2.45) is 11.8 Å². The summed E-state index contributed by atoms with van der Waals surface area (Å²) >= 11 is 0. The molecular weight excluding hydrogens is 364 g/mol. The zero-order valence-corrected chi connectivity index (χ0v) is 16.8. The molecule has 4 atom stereocenters. The Labute approximate surface area is 171 Å². The molecule has 0 amide bonds. The van der Waals surface area contributed by atoms with Crippen LogP contribution in [-0.4, -0.2) is 47.4 Å². The van der Waals surface area contributed by atoms with Crippen molar-refractivity contribution in [1.29, 1.82) is 0 Å². The van der Waals surface area contributed by atoms with Gasteiger partial charge in [-0.15, -0.1) is 0 Å². The quantitative estimate of drug-likeness (QED) is 0.693. The van der Waals surface area contributed by atoms with Crippen LogP contribution in [0.5, 0.6) is 11.5 Å². The van der Waals surface area contributed by atoms with Crippen LogP contribution in [-0.2, 0) is 6.54 Å². The molecule has 2 N–H and O–H groups in total. The summed E-state index contributed by atoms with van der Waals surface area (Å²) in [7, 11) is 1.65. The van der Waals surface area contributed by atoms with E-state index in [0.717, 1.165) is 38.2 Å². The van der Waals surface area contributed by atoms with Gasteiger partial charge in [-0.05, 0) is 54.5 Å². The minimum absolute atomic E-state index is 0.180. The van der Waals surface area contributed by atoms with Crippen LogP contribution in [0.1, 0.15) is 18.4 Å². The average Bonchev–Trinajstić information content (AvgIpc) is 3.35. The number of ether oxygens (including phenoxy) is 2. The SMILES string of the molecule is COc1ccccc1O[C@@H]1C[C@@H]2CN(Cc3cccc4[nH]ccc34)C[C@@H]2C[C@H]1O. The third kappa shape index (κ3) is 3.61. The van der Waals surface area contributed by atoms with Crippen molar-refractivity contribution < 1.29 is 14.6 Å². The van der Waals surface area contributed by atoms with E-state index in [1.807, 2.05) is 30.5 Å². The van der Waals surface area contributed by atoms with Crippen molar-refractivity contribution in [3.63, 3.8) is 0 Å². The molecule has 152 valence electrons. The van der Waals surface area contributed by atoms with E-state index in [0.29, 0.717) is 17.6 Å². The number of nitrogens with zero attached hydrogens (tertiary/aromatic N) is 1. The maximum Gasteiger partial charge on any atom is 0.161 e. The van der Waals surface area contributed by atoms with E-state index in [2.05, 4.69) is 34.1 Å². The van der Waals surface area contributed by atoms with Crippen molar-refractivity contribution in [1.82, 2.24) is 9.88 Å². The van der Waals surface area contributed by atoms with Crippen LogP contribution in [0.25, 0.3) is 10.9 Å². The molecule has 0 bridgehead atoms. The maximum absolute atomic E-state index is 10.7. The second kappa shape index (κ2) is 7.73. The highest BCUT2D eigenvalue weighted by atomic mass is 16.5. The number of H-pyrrole nitrogens is 1. The Morgan fingerprint density at radius 3 is 2.62 bits per heavy atom. The summed E-state index contributed by atoms with van der Waals surface area (Å²) < 4.78 is 11.6. The lowest BCUT2D eigenvalue weighted by Crippen LogP contribution is -2.42. The fourth-order valence-corrected chi connectivity index (χ4v) is 5.15. The first kappa shape index (κ1) is 18.5. The topological polar surface area (TPSA) is 57.7 Å². The smallest absolute Gasteiger partial charge is 0.161 e. The van der Waals surface area contributed by atoms with E-state index in [1.54, 1.807) is 7.11 Å². The summed E-state index contributed by atoms with van der Waals surface area (Å²) in [5, 5.41) is 12.0. The number of benzene rings is 2. The molecule has 29 heavy (non-hydrogen) atoms. The number of aromatic amines is 1. The van der Waals surface area contributed by atoms with E-state index >= 15 is 0 Å². The molecule has 5 heteroatoms. The van der Waals surface area contributed by atoms with Gasteiger partial charge in [0.2, 0.25) is 0 Å². The van der Waals surface area contributed by atoms with Gasteiger partial charge in [-0.1, -0.05) is 24.3 Å². The Kier molecular flexibility index (Phi) is 4.94. The summed E-state index contributed by atoms with van der Waals surface area (Å²) in [6.07, 6.45) is 3.08. The van der Waals surface area contributed by atoms with Crippen molar-refractivity contribution in [3.8, 4) is 11.5 Å². The van der Waals surface area contributed by atoms with Gasteiger partial charge >= 0.3 is 0 Å². The van der Waals surface area contributed by atoms with Crippen molar-refractivity contribution in [3.05, 3.63) is 60.3 Å². The van der Waals surface area contributed by atoms with Gasteiger partial charge < -0.3 is 19.6 Å². The number of para-hydroxylation sites is 2. The first-order valence-electron chi connectivity index (χ1n) is 10.5. The molecule has 1 aromatic heterocycles. The lowest BCUT2D eigenvalue weighted by molar-refractivity contribution is -0.0240. The number of aliphatic hydroxyl groups excluding tert-OH is 1. The first-order valence-corrected chi connectivity index (χ1v) is 10.5. The zero-order valence-electron chi connectivity index (χ0n) is 16.8. The maximum atomic E-state index is 10.7. The molecule has 3 aromatic rings. The van der Waals surface area contributed by atoms with Crippen molar-refractivity contribution in [2.75, 3.05) is 20.2 Å². The van der Waals surface area contributed by atoms with Crippen LogP contribution in [0.2, 0.25) is 0 Å². The van der Waals surface area contributed by atoms with E-state index < -0.39 is 6.10 Å². The fraction of sp³-hybridized carbons (Fsp3) is 0.417. The number of hydrogen-bond donors (Lipinski definition) is 2. The normalized spacial score (nSPS) is 27.1. The van der Waals surface area contributed by atoms with E-state index in [9.17, 15) is 5.11 Å². The summed E-state index contributed by atoms with van der Waals surface area (Å²) in [5.74, 6) is 2.53. The van der Waals surface area contributed by atoms with E-state index in [-0.39, 0.29) is 6.10 Å². The average molecular weight is 392 g/mol. The van der Waals surface area contributed by atoms with Crippen molar-refractivity contribution >= 4 is 10.9 Å². The molecule has 2 fully saturated rings. The van der Waals surface area contributed by atoms with Gasteiger partial charge in [0, 0.05) is 36.7 Å². The van der Waals surface area contributed by atoms with Crippen LogP contribution >= 0.6 is 0 Å². The fourth-order valence-electron chi connectivity index (χ4n) is 5.15. The Hall–Kier alpha value is -2.50. The first-order chi connectivity index (χ1) is 14.2. The predicted octanol–water partition coefficient (Wildman–Crippen LogP) is 3.83. The third-order valence-electron chi connectivity index (χ3n) is 6.59. The highest BCUT2D eigenvalue weighted by Gasteiger charge is 2.42. The second-order valence-corrected chi connectivity index (χ2v) is 8.42. The summed E-state index contributed by atoms with van der Waals surface area (Å²) in [6.45, 7) is 3.06. The van der Waals surface area contributed by atoms with Crippen LogP contribution in [0, 0.1) is 11.8 Å². The zero-order chi connectivity index (χ0) is 19.8. The molecule has 2 aliphatic rings. The Bertz CT molecular complexity index is 985. The Morgan fingerprint density at radius 2 is 1.79 bits per heavy atom. The molecule has 2 aromatic carbocycles. The van der Waals surface area contributed by atoms with Crippen LogP contribution in [0.4, 0.5) is 0 Å². The molecule has 0 unspecified atom stereocenters. The Morgan fingerprint density at radius 1 is 1.00 bits per heavy atom. The molecule has 1 saturated heterocycles. The largest absolute Gasteiger partial charge is 0.493 e. The van der Waals surface area contributed by atoms with Gasteiger partial charge in [0.1, 0.15) is 6.10 Å². The molecule has 0 radical (unpaired) electrons. The minimum Gasteiger partial charge on any atom is -0.493 e. The molecule has 0 spiro atoms. The second-order valence-electron chi connectivity index (χ2n) is 8.42. The number of fused-ring (bicyclic) bond motifs is 2. The highest BCUT2D eigenvalue weighted by molar-refractivity contribution is 5.82. The number of nitrogens with one attached hydrogen (secondary N) is 1. The summed E-state index contributed by atoms with van der Waals surface area (Å²) in [5.41, 5.74) is 2.56. The number of methoxy groups -OCH3 is 1. The van der Waals surface area contributed by atoms with E-state index in [1.165, 1.54) is 16.5 Å². The minimum atomic E-state index is -0.436. The monoisotopic (exact) mass is 392 g/mol. The third-order valence-corrected chi connectivity index (χ3v) is 6.59. The summed E-state index contributed by atoms with van der Waals surface area (Å²) in [4.78, 5) is 5.84. The lowest BCUT2D eigenvalue weighted by atomic mass is 9.78. The number of likely N-dealkylation sites (tertiary alicyclic amines) is 1. The molecule has 5 nitrogen and oxygen atoms in total. The van der Waals surface area contributed by atoms with Gasteiger partial charge in [0.25, 0.3) is 0 Å². The van der Waals surface area contributed by atoms with Gasteiger partial charge in [-0.25, -0.2) is 0 Å². The van der Waals surface area contributed by atoms with Crippen LogP contribution in [0.15, 0.2) is 54.7 Å². The predicted molar refractivity (Wildman–Crippen MR) is 113 cm³/mol. The van der Waals surface area contributed by atoms with Gasteiger partial charge in [0.15, 0.2) is 11.5 Å². The number of rotatable bonds is 5. The Balaban J connectivity index is 1.27.